The first-order valence-corrected chi connectivity index (χ1v) is 15.1. The predicted molar refractivity (Wildman–Crippen MR) is 159 cm³/mol. The first-order valence-electron chi connectivity index (χ1n) is 14.6. The molecule has 1 aromatic heterocycles. The number of likely N-dealkylation sites (tertiary alicyclic amines) is 1. The lowest BCUT2D eigenvalue weighted by Crippen LogP contribution is -2.48. The molecule has 2 heterocycles. The molecule has 1 aliphatic heterocycles. The summed E-state index contributed by atoms with van der Waals surface area (Å²) in [5, 5.41) is 7.11. The van der Waals surface area contributed by atoms with Crippen LogP contribution in [0.15, 0.2) is 12.1 Å². The second-order valence-electron chi connectivity index (χ2n) is 10.6. The number of hydrogen-bond donors (Lipinski definition) is 2. The smallest absolute Gasteiger partial charge is 0.234 e. The Kier molecular flexibility index (Phi) is 11.1. The number of amides is 1. The predicted octanol–water partition coefficient (Wildman–Crippen LogP) is 4.82. The van der Waals surface area contributed by atoms with Crippen LogP contribution in [0, 0.1) is 0 Å². The van der Waals surface area contributed by atoms with E-state index in [2.05, 4.69) is 27.4 Å². The number of piperidine rings is 1. The quantitative estimate of drug-likeness (QED) is 0.217. The molecular formula is C29H45ClN6O3. The summed E-state index contributed by atoms with van der Waals surface area (Å²) in [6, 6.07) is 5.10. The Morgan fingerprint density at radius 3 is 2.36 bits per heavy atom. The zero-order chi connectivity index (χ0) is 27.6. The van der Waals surface area contributed by atoms with Crippen LogP contribution >= 0.6 is 11.6 Å². The molecule has 10 heteroatoms. The molecule has 2 N–H and O–H groups in total. The molecule has 1 amide bonds. The van der Waals surface area contributed by atoms with Gasteiger partial charge in [-0.05, 0) is 45.1 Å². The lowest BCUT2D eigenvalue weighted by Gasteiger charge is -2.42. The number of anilines is 2. The van der Waals surface area contributed by atoms with Gasteiger partial charge in [-0.1, -0.05) is 25.7 Å². The molecule has 39 heavy (non-hydrogen) atoms. The number of carbonyl (C=O) groups is 1. The van der Waals surface area contributed by atoms with Gasteiger partial charge in [0.05, 0.1) is 19.7 Å². The lowest BCUT2D eigenvalue weighted by molar-refractivity contribution is -0.118. The highest BCUT2D eigenvalue weighted by atomic mass is 35.5. The van der Waals surface area contributed by atoms with Gasteiger partial charge in [-0.3, -0.25) is 4.79 Å². The van der Waals surface area contributed by atoms with Crippen LogP contribution in [0.4, 0.5) is 11.8 Å². The lowest BCUT2D eigenvalue weighted by atomic mass is 9.98. The normalized spacial score (nSPS) is 17.5. The van der Waals surface area contributed by atoms with Crippen LogP contribution in [-0.2, 0) is 4.79 Å². The summed E-state index contributed by atoms with van der Waals surface area (Å²) in [6.45, 7) is 6.53. The number of rotatable bonds is 12. The number of benzene rings is 1. The van der Waals surface area contributed by atoms with Crippen molar-refractivity contribution in [3.05, 3.63) is 12.1 Å². The molecule has 0 bridgehead atoms. The zero-order valence-electron chi connectivity index (χ0n) is 23.8. The minimum atomic E-state index is -0.161. The van der Waals surface area contributed by atoms with Gasteiger partial charge in [0.2, 0.25) is 11.9 Å². The first-order chi connectivity index (χ1) is 19.1. The molecule has 1 aliphatic carbocycles. The Labute approximate surface area is 238 Å². The third-order valence-electron chi connectivity index (χ3n) is 8.15. The number of alkyl halides is 1. The summed E-state index contributed by atoms with van der Waals surface area (Å²) in [5.74, 6) is 2.62. The minimum absolute atomic E-state index is 0.0255. The third-order valence-corrected chi connectivity index (χ3v) is 8.40. The molecule has 2 aromatic rings. The van der Waals surface area contributed by atoms with Crippen molar-refractivity contribution in [1.29, 1.82) is 0 Å². The van der Waals surface area contributed by atoms with Gasteiger partial charge in [0.1, 0.15) is 11.7 Å². The number of carbonyl (C=O) groups excluding carboxylic acids is 1. The molecule has 1 aromatic carbocycles. The molecule has 0 spiro atoms. The summed E-state index contributed by atoms with van der Waals surface area (Å²) < 4.78 is 11.2. The van der Waals surface area contributed by atoms with Crippen molar-refractivity contribution in [2.24, 2.45) is 0 Å². The maximum Gasteiger partial charge on any atom is 0.234 e. The van der Waals surface area contributed by atoms with Gasteiger partial charge >= 0.3 is 0 Å². The molecule has 216 valence electrons. The van der Waals surface area contributed by atoms with Crippen molar-refractivity contribution in [2.45, 2.75) is 76.8 Å². The van der Waals surface area contributed by atoms with Crippen molar-refractivity contribution >= 4 is 40.2 Å². The van der Waals surface area contributed by atoms with Crippen molar-refractivity contribution in [2.75, 3.05) is 63.0 Å². The average molecular weight is 561 g/mol. The van der Waals surface area contributed by atoms with E-state index in [1.54, 1.807) is 14.2 Å². The van der Waals surface area contributed by atoms with Gasteiger partial charge in [-0.15, -0.1) is 11.6 Å². The highest BCUT2D eigenvalue weighted by Crippen LogP contribution is 2.37. The third kappa shape index (κ3) is 7.57. The summed E-state index contributed by atoms with van der Waals surface area (Å²) in [7, 11) is 3.30. The van der Waals surface area contributed by atoms with E-state index in [9.17, 15) is 4.79 Å². The second kappa shape index (κ2) is 14.7. The average Bonchev–Trinajstić information content (AvgIpc) is 3.26. The van der Waals surface area contributed by atoms with E-state index in [0.717, 1.165) is 61.7 Å². The fraction of sp³-hybridized carbons (Fsp3) is 0.690. The zero-order valence-corrected chi connectivity index (χ0v) is 24.6. The van der Waals surface area contributed by atoms with Crippen molar-refractivity contribution < 1.29 is 14.3 Å². The Morgan fingerprint density at radius 1 is 1.03 bits per heavy atom. The van der Waals surface area contributed by atoms with Gasteiger partial charge < -0.3 is 29.9 Å². The molecule has 9 nitrogen and oxygen atoms in total. The number of methoxy groups -OCH3 is 2. The fourth-order valence-electron chi connectivity index (χ4n) is 6.07. The molecule has 2 aliphatic rings. The molecule has 0 unspecified atom stereocenters. The Bertz CT molecular complexity index is 1070. The van der Waals surface area contributed by atoms with E-state index in [1.807, 2.05) is 12.1 Å². The minimum Gasteiger partial charge on any atom is -0.493 e. The van der Waals surface area contributed by atoms with Gasteiger partial charge in [0.25, 0.3) is 0 Å². The van der Waals surface area contributed by atoms with E-state index in [1.165, 1.54) is 38.5 Å². The number of fused-ring (bicyclic) bond motifs is 1. The summed E-state index contributed by atoms with van der Waals surface area (Å²) >= 11 is 5.57. The van der Waals surface area contributed by atoms with Gasteiger partial charge in [0.15, 0.2) is 11.5 Å². The second-order valence-corrected chi connectivity index (χ2v) is 10.8. The van der Waals surface area contributed by atoms with Gasteiger partial charge in [-0.25, -0.2) is 4.98 Å². The van der Waals surface area contributed by atoms with Crippen molar-refractivity contribution in [3.63, 3.8) is 0 Å². The van der Waals surface area contributed by atoms with Crippen LogP contribution in [-0.4, -0.2) is 85.7 Å². The molecule has 4 rings (SSSR count). The van der Waals surface area contributed by atoms with E-state index < -0.39 is 0 Å². The van der Waals surface area contributed by atoms with Crippen LogP contribution in [0.3, 0.4) is 0 Å². The number of hydrogen-bond acceptors (Lipinski definition) is 8. The molecule has 0 atom stereocenters. The highest BCUT2D eigenvalue weighted by Gasteiger charge is 2.30. The molecular weight excluding hydrogens is 516 g/mol. The van der Waals surface area contributed by atoms with E-state index in [4.69, 9.17) is 31.0 Å². The van der Waals surface area contributed by atoms with E-state index in [-0.39, 0.29) is 11.8 Å². The van der Waals surface area contributed by atoms with Crippen LogP contribution in [0.2, 0.25) is 0 Å². The SMILES string of the molecule is CCN(c1nc(NCCCNC(=O)CCl)nc2cc(OC)c(OC)cc12)C1CCN(C2CCCCCC2)CC1. The standard InChI is InChI=1S/C29H45ClN6O3/c1-4-36(22-12-16-35(17-13-22)21-10-7-5-6-8-11-21)28-23-18-25(38-2)26(39-3)19-24(23)33-29(34-28)32-15-9-14-31-27(37)20-30/h18-19,21-22H,4-17,20H2,1-3H3,(H,31,37)(H,32,33,34). The molecule has 0 radical (unpaired) electrons. The summed E-state index contributed by atoms with van der Waals surface area (Å²) in [6.07, 6.45) is 11.2. The molecule has 1 saturated carbocycles. The number of halogens is 1. The van der Waals surface area contributed by atoms with Crippen LogP contribution in [0.1, 0.15) is 64.7 Å². The summed E-state index contributed by atoms with van der Waals surface area (Å²) in [4.78, 5) is 26.5. The van der Waals surface area contributed by atoms with Crippen LogP contribution in [0.25, 0.3) is 10.9 Å². The number of ether oxygens (including phenoxy) is 2. The first kappa shape index (κ1) is 29.5. The number of aromatic nitrogens is 2. The van der Waals surface area contributed by atoms with E-state index >= 15 is 0 Å². The van der Waals surface area contributed by atoms with Crippen molar-refractivity contribution in [3.8, 4) is 11.5 Å². The Hall–Kier alpha value is -2.52. The van der Waals surface area contributed by atoms with Gasteiger partial charge in [-0.2, -0.15) is 4.98 Å². The maximum absolute atomic E-state index is 11.4. The maximum atomic E-state index is 11.4. The topological polar surface area (TPSA) is 91.9 Å². The summed E-state index contributed by atoms with van der Waals surface area (Å²) in [5.41, 5.74) is 0.810. The largest absolute Gasteiger partial charge is 0.493 e. The number of nitrogens with one attached hydrogen (secondary N) is 2. The van der Waals surface area contributed by atoms with Crippen LogP contribution < -0.4 is 25.0 Å². The monoisotopic (exact) mass is 560 g/mol. The van der Waals surface area contributed by atoms with E-state index in [0.29, 0.717) is 36.6 Å². The Morgan fingerprint density at radius 2 is 1.72 bits per heavy atom. The molecule has 1 saturated heterocycles. The fourth-order valence-corrected chi connectivity index (χ4v) is 6.16. The number of nitrogens with zero attached hydrogens (tertiary/aromatic N) is 4. The van der Waals surface area contributed by atoms with Crippen molar-refractivity contribution in [1.82, 2.24) is 20.2 Å². The Balaban J connectivity index is 1.54. The van der Waals surface area contributed by atoms with Gasteiger partial charge in [0, 0.05) is 56.3 Å². The van der Waals surface area contributed by atoms with Crippen LogP contribution in [0.5, 0.6) is 11.5 Å². The highest BCUT2D eigenvalue weighted by molar-refractivity contribution is 6.27. The molecule has 2 fully saturated rings.